The largest absolute Gasteiger partial charge is 0.312 e. The van der Waals surface area contributed by atoms with Crippen LogP contribution in [0.1, 0.15) is 18.1 Å². The van der Waals surface area contributed by atoms with E-state index in [9.17, 15) is 4.39 Å². The Morgan fingerprint density at radius 2 is 2.00 bits per heavy atom. The molecule has 1 aromatic heterocycles. The van der Waals surface area contributed by atoms with Crippen LogP contribution in [0.4, 0.5) is 4.39 Å². The first-order valence-corrected chi connectivity index (χ1v) is 6.24. The predicted octanol–water partition coefficient (Wildman–Crippen LogP) is 2.37. The molecule has 0 spiro atoms. The van der Waals surface area contributed by atoms with Crippen molar-refractivity contribution in [3.05, 3.63) is 53.6 Å². The van der Waals surface area contributed by atoms with Crippen molar-refractivity contribution in [2.75, 3.05) is 6.54 Å². The third-order valence-electron chi connectivity index (χ3n) is 2.84. The number of benzene rings is 1. The first-order valence-electron chi connectivity index (χ1n) is 6.24. The first-order chi connectivity index (χ1) is 8.78. The van der Waals surface area contributed by atoms with Gasteiger partial charge in [-0.3, -0.25) is 4.68 Å². The Bertz CT molecular complexity index is 476. The van der Waals surface area contributed by atoms with Gasteiger partial charge in [0.1, 0.15) is 5.82 Å². The highest BCUT2D eigenvalue weighted by atomic mass is 19.1. The highest BCUT2D eigenvalue weighted by Gasteiger charge is 1.97. The molecule has 0 saturated heterocycles. The fourth-order valence-corrected chi connectivity index (χ4v) is 1.79. The standard InChI is InChI=1S/C14H18FN3/c1-2-18-11-13(10-17-18)9-16-8-7-12-3-5-14(15)6-4-12/h3-6,10-11,16H,2,7-9H2,1H3. The van der Waals surface area contributed by atoms with Crippen LogP contribution in [0.3, 0.4) is 0 Å². The number of halogens is 1. The van der Waals surface area contributed by atoms with E-state index in [1.165, 1.54) is 17.7 Å². The molecule has 1 heterocycles. The molecule has 0 aliphatic carbocycles. The monoisotopic (exact) mass is 247 g/mol. The molecule has 3 nitrogen and oxygen atoms in total. The molecule has 0 aliphatic heterocycles. The Hall–Kier alpha value is -1.68. The van der Waals surface area contributed by atoms with Crippen LogP contribution < -0.4 is 5.32 Å². The maximum absolute atomic E-state index is 12.7. The van der Waals surface area contributed by atoms with Crippen molar-refractivity contribution in [1.29, 1.82) is 0 Å². The van der Waals surface area contributed by atoms with Gasteiger partial charge in [0.15, 0.2) is 0 Å². The Balaban J connectivity index is 1.71. The molecule has 0 bridgehead atoms. The lowest BCUT2D eigenvalue weighted by atomic mass is 10.1. The molecule has 4 heteroatoms. The molecular weight excluding hydrogens is 229 g/mol. The average molecular weight is 247 g/mol. The summed E-state index contributed by atoms with van der Waals surface area (Å²) in [5.74, 6) is -0.182. The van der Waals surface area contributed by atoms with Crippen molar-refractivity contribution >= 4 is 0 Å². The van der Waals surface area contributed by atoms with Crippen LogP contribution in [-0.4, -0.2) is 16.3 Å². The van der Waals surface area contributed by atoms with E-state index in [-0.39, 0.29) is 5.82 Å². The number of rotatable bonds is 6. The number of nitrogens with one attached hydrogen (secondary N) is 1. The summed E-state index contributed by atoms with van der Waals surface area (Å²) in [4.78, 5) is 0. The van der Waals surface area contributed by atoms with Crippen LogP contribution in [0.5, 0.6) is 0 Å². The summed E-state index contributed by atoms with van der Waals surface area (Å²) < 4.78 is 14.6. The minimum atomic E-state index is -0.182. The Morgan fingerprint density at radius 3 is 2.67 bits per heavy atom. The van der Waals surface area contributed by atoms with E-state index in [1.807, 2.05) is 29.2 Å². The highest BCUT2D eigenvalue weighted by Crippen LogP contribution is 2.03. The van der Waals surface area contributed by atoms with Crippen LogP contribution in [0.2, 0.25) is 0 Å². The summed E-state index contributed by atoms with van der Waals surface area (Å²) in [6, 6.07) is 6.65. The normalized spacial score (nSPS) is 10.8. The molecule has 18 heavy (non-hydrogen) atoms. The van der Waals surface area contributed by atoms with E-state index in [0.717, 1.165) is 31.6 Å². The second-order valence-electron chi connectivity index (χ2n) is 4.26. The molecule has 2 aromatic rings. The fraction of sp³-hybridized carbons (Fsp3) is 0.357. The van der Waals surface area contributed by atoms with Crippen molar-refractivity contribution in [3.63, 3.8) is 0 Å². The second-order valence-corrected chi connectivity index (χ2v) is 4.26. The Kier molecular flexibility index (Phi) is 4.47. The zero-order valence-corrected chi connectivity index (χ0v) is 10.6. The number of aromatic nitrogens is 2. The predicted molar refractivity (Wildman–Crippen MR) is 69.7 cm³/mol. The van der Waals surface area contributed by atoms with Crippen molar-refractivity contribution in [2.24, 2.45) is 0 Å². The molecule has 0 fully saturated rings. The third-order valence-corrected chi connectivity index (χ3v) is 2.84. The van der Waals surface area contributed by atoms with Gasteiger partial charge >= 0.3 is 0 Å². The second kappa shape index (κ2) is 6.31. The summed E-state index contributed by atoms with van der Waals surface area (Å²) in [6.45, 7) is 4.67. The van der Waals surface area contributed by atoms with Gasteiger partial charge < -0.3 is 5.32 Å². The molecule has 1 aromatic carbocycles. The maximum Gasteiger partial charge on any atom is 0.123 e. The maximum atomic E-state index is 12.7. The van der Waals surface area contributed by atoms with E-state index in [1.54, 1.807) is 0 Å². The lowest BCUT2D eigenvalue weighted by Gasteiger charge is -2.03. The molecule has 0 atom stereocenters. The van der Waals surface area contributed by atoms with Crippen LogP contribution >= 0.6 is 0 Å². The van der Waals surface area contributed by atoms with Crippen molar-refractivity contribution < 1.29 is 4.39 Å². The van der Waals surface area contributed by atoms with E-state index in [0.29, 0.717) is 0 Å². The van der Waals surface area contributed by atoms with Gasteiger partial charge in [-0.1, -0.05) is 12.1 Å². The average Bonchev–Trinajstić information content (AvgIpc) is 2.85. The van der Waals surface area contributed by atoms with Crippen LogP contribution in [0.25, 0.3) is 0 Å². The van der Waals surface area contributed by atoms with E-state index in [4.69, 9.17) is 0 Å². The lowest BCUT2D eigenvalue weighted by molar-refractivity contribution is 0.626. The Labute approximate surface area is 107 Å². The fourth-order valence-electron chi connectivity index (χ4n) is 1.79. The topological polar surface area (TPSA) is 29.9 Å². The van der Waals surface area contributed by atoms with Crippen LogP contribution in [-0.2, 0) is 19.5 Å². The SMILES string of the molecule is CCn1cc(CNCCc2ccc(F)cc2)cn1. The minimum absolute atomic E-state index is 0.182. The smallest absolute Gasteiger partial charge is 0.123 e. The third kappa shape index (κ3) is 3.67. The van der Waals surface area contributed by atoms with E-state index in [2.05, 4.69) is 17.3 Å². The summed E-state index contributed by atoms with van der Waals surface area (Å²) >= 11 is 0. The molecule has 0 aliphatic rings. The highest BCUT2D eigenvalue weighted by molar-refractivity contribution is 5.16. The van der Waals surface area contributed by atoms with Crippen LogP contribution in [0.15, 0.2) is 36.7 Å². The first kappa shape index (κ1) is 12.8. The number of hydrogen-bond donors (Lipinski definition) is 1. The van der Waals surface area contributed by atoms with Gasteiger partial charge in [-0.05, 0) is 37.6 Å². The summed E-state index contributed by atoms with van der Waals surface area (Å²) in [5, 5.41) is 7.57. The number of nitrogens with zero attached hydrogens (tertiary/aromatic N) is 2. The molecule has 0 saturated carbocycles. The van der Waals surface area contributed by atoms with Gasteiger partial charge in [0.25, 0.3) is 0 Å². The lowest BCUT2D eigenvalue weighted by Crippen LogP contribution is -2.16. The van der Waals surface area contributed by atoms with E-state index >= 15 is 0 Å². The van der Waals surface area contributed by atoms with Crippen molar-refractivity contribution in [1.82, 2.24) is 15.1 Å². The number of hydrogen-bond acceptors (Lipinski definition) is 2. The quantitative estimate of drug-likeness (QED) is 0.794. The van der Waals surface area contributed by atoms with Gasteiger partial charge in [-0.25, -0.2) is 4.39 Å². The zero-order valence-electron chi connectivity index (χ0n) is 10.6. The zero-order chi connectivity index (χ0) is 12.8. The Morgan fingerprint density at radius 1 is 1.22 bits per heavy atom. The summed E-state index contributed by atoms with van der Waals surface area (Å²) in [6.07, 6.45) is 4.83. The van der Waals surface area contributed by atoms with E-state index < -0.39 is 0 Å². The van der Waals surface area contributed by atoms with Gasteiger partial charge in [-0.2, -0.15) is 5.10 Å². The number of aryl methyl sites for hydroxylation is 1. The molecule has 0 radical (unpaired) electrons. The molecule has 96 valence electrons. The molecule has 0 amide bonds. The van der Waals surface area contributed by atoms with Gasteiger partial charge in [-0.15, -0.1) is 0 Å². The molecule has 1 N–H and O–H groups in total. The molecule has 0 unspecified atom stereocenters. The summed E-state index contributed by atoms with van der Waals surface area (Å²) in [5.41, 5.74) is 2.34. The molecule has 2 rings (SSSR count). The van der Waals surface area contributed by atoms with Gasteiger partial charge in [0, 0.05) is 24.8 Å². The van der Waals surface area contributed by atoms with Gasteiger partial charge in [0.2, 0.25) is 0 Å². The molecular formula is C14H18FN3. The van der Waals surface area contributed by atoms with Crippen LogP contribution in [0, 0.1) is 5.82 Å². The van der Waals surface area contributed by atoms with Crippen molar-refractivity contribution in [2.45, 2.75) is 26.4 Å². The van der Waals surface area contributed by atoms with Gasteiger partial charge in [0.05, 0.1) is 6.20 Å². The summed E-state index contributed by atoms with van der Waals surface area (Å²) in [7, 11) is 0. The van der Waals surface area contributed by atoms with Crippen molar-refractivity contribution in [3.8, 4) is 0 Å². The minimum Gasteiger partial charge on any atom is -0.312 e.